The van der Waals surface area contributed by atoms with E-state index in [1.54, 1.807) is 18.0 Å². The molecule has 4 rings (SSSR count). The Bertz CT molecular complexity index is 1050. The van der Waals surface area contributed by atoms with Crippen molar-refractivity contribution in [1.82, 2.24) is 14.9 Å². The van der Waals surface area contributed by atoms with Crippen LogP contribution in [0.2, 0.25) is 0 Å². The number of nitrogens with zero attached hydrogens (tertiary/aromatic N) is 4. The summed E-state index contributed by atoms with van der Waals surface area (Å²) >= 11 is 3.17. The number of rotatable bonds is 5. The van der Waals surface area contributed by atoms with Crippen LogP contribution in [0.25, 0.3) is 10.7 Å². The van der Waals surface area contributed by atoms with E-state index in [-0.39, 0.29) is 12.3 Å². The fourth-order valence-corrected chi connectivity index (χ4v) is 5.07. The predicted molar refractivity (Wildman–Crippen MR) is 125 cm³/mol. The van der Waals surface area contributed by atoms with Crippen LogP contribution in [0.4, 0.5) is 5.69 Å². The van der Waals surface area contributed by atoms with E-state index in [0.717, 1.165) is 39.4 Å². The molecule has 0 spiro atoms. The first-order chi connectivity index (χ1) is 14.6. The topological polar surface area (TPSA) is 58.5 Å². The van der Waals surface area contributed by atoms with Gasteiger partial charge in [-0.05, 0) is 36.1 Å². The molecule has 0 N–H and O–H groups in total. The lowest BCUT2D eigenvalue weighted by Gasteiger charge is -2.28. The lowest BCUT2D eigenvalue weighted by molar-refractivity contribution is -0.126. The van der Waals surface area contributed by atoms with E-state index in [1.165, 1.54) is 16.9 Å². The van der Waals surface area contributed by atoms with Gasteiger partial charge in [0, 0.05) is 23.9 Å². The fraction of sp³-hybridized carbons (Fsp3) is 0.304. The van der Waals surface area contributed by atoms with Crippen molar-refractivity contribution in [2.45, 2.75) is 32.6 Å². The standard InChI is InChI=1S/C23H24N4OS2/c1-16(2)18-8-3-4-9-19(18)26-23-27(12-7-13-29-23)21(28)14-17-15-30-22(25-17)20-10-5-6-11-24-20/h3-6,8-11,15-16H,7,12-14H2,1-2H3. The van der Waals surface area contributed by atoms with Crippen LogP contribution >= 0.6 is 23.1 Å². The summed E-state index contributed by atoms with van der Waals surface area (Å²) in [5, 5.41) is 3.58. The van der Waals surface area contributed by atoms with E-state index in [1.807, 2.05) is 46.7 Å². The Morgan fingerprint density at radius 3 is 2.83 bits per heavy atom. The van der Waals surface area contributed by atoms with Crippen molar-refractivity contribution in [3.8, 4) is 10.7 Å². The fourth-order valence-electron chi connectivity index (χ4n) is 3.31. The first-order valence-corrected chi connectivity index (χ1v) is 11.9. The molecule has 0 aliphatic carbocycles. The minimum absolute atomic E-state index is 0.0425. The highest BCUT2D eigenvalue weighted by Crippen LogP contribution is 2.30. The van der Waals surface area contributed by atoms with Crippen molar-refractivity contribution < 1.29 is 4.79 Å². The number of pyridine rings is 1. The van der Waals surface area contributed by atoms with Gasteiger partial charge in [0.2, 0.25) is 5.91 Å². The van der Waals surface area contributed by atoms with Gasteiger partial charge in [-0.3, -0.25) is 14.7 Å². The van der Waals surface area contributed by atoms with Crippen LogP contribution in [0.5, 0.6) is 0 Å². The highest BCUT2D eigenvalue weighted by molar-refractivity contribution is 8.13. The number of hydrogen-bond acceptors (Lipinski definition) is 6. The number of hydrogen-bond donors (Lipinski definition) is 0. The molecule has 30 heavy (non-hydrogen) atoms. The Balaban J connectivity index is 1.53. The van der Waals surface area contributed by atoms with Gasteiger partial charge in [-0.15, -0.1) is 11.3 Å². The number of aliphatic imine (C=N–C) groups is 1. The zero-order chi connectivity index (χ0) is 20.9. The van der Waals surface area contributed by atoms with E-state index in [9.17, 15) is 4.79 Å². The largest absolute Gasteiger partial charge is 0.291 e. The molecule has 7 heteroatoms. The molecule has 1 saturated heterocycles. The van der Waals surface area contributed by atoms with Crippen molar-refractivity contribution in [3.05, 3.63) is 65.3 Å². The average Bonchev–Trinajstić information content (AvgIpc) is 3.23. The Morgan fingerprint density at radius 1 is 1.20 bits per heavy atom. The molecule has 0 saturated carbocycles. The SMILES string of the molecule is CC(C)c1ccccc1N=C1SCCCN1C(=O)Cc1csc(-c2ccccn2)n1. The quantitative estimate of drug-likeness (QED) is 0.528. The van der Waals surface area contributed by atoms with Crippen LogP contribution in [0.3, 0.4) is 0 Å². The van der Waals surface area contributed by atoms with E-state index >= 15 is 0 Å². The molecule has 1 aliphatic heterocycles. The first-order valence-electron chi connectivity index (χ1n) is 10.1. The Labute approximate surface area is 185 Å². The number of carbonyl (C=O) groups is 1. The lowest BCUT2D eigenvalue weighted by Crippen LogP contribution is -2.40. The van der Waals surface area contributed by atoms with Gasteiger partial charge in [0.05, 0.1) is 23.5 Å². The monoisotopic (exact) mass is 436 g/mol. The first kappa shape index (κ1) is 20.8. The smallest absolute Gasteiger partial charge is 0.234 e. The minimum Gasteiger partial charge on any atom is -0.291 e. The van der Waals surface area contributed by atoms with Crippen molar-refractivity contribution >= 4 is 39.9 Å². The molecular weight excluding hydrogens is 412 g/mol. The number of amides is 1. The van der Waals surface area contributed by atoms with Crippen molar-refractivity contribution in [2.24, 2.45) is 4.99 Å². The van der Waals surface area contributed by atoms with Crippen LogP contribution in [0, 0.1) is 0 Å². The van der Waals surface area contributed by atoms with Gasteiger partial charge in [0.15, 0.2) is 5.17 Å². The number of thioether (sulfide) groups is 1. The van der Waals surface area contributed by atoms with Gasteiger partial charge in [0.25, 0.3) is 0 Å². The van der Waals surface area contributed by atoms with Gasteiger partial charge in [-0.2, -0.15) is 0 Å². The van der Waals surface area contributed by atoms with Gasteiger partial charge < -0.3 is 0 Å². The molecular formula is C23H24N4OS2. The van der Waals surface area contributed by atoms with E-state index in [4.69, 9.17) is 4.99 Å². The van der Waals surface area contributed by atoms with Crippen LogP contribution in [0.1, 0.15) is 37.4 Å². The van der Waals surface area contributed by atoms with Gasteiger partial charge in [0.1, 0.15) is 5.01 Å². The van der Waals surface area contributed by atoms with E-state index in [2.05, 4.69) is 29.9 Å². The van der Waals surface area contributed by atoms with Crippen LogP contribution in [0.15, 0.2) is 59.0 Å². The van der Waals surface area contributed by atoms with Crippen molar-refractivity contribution in [1.29, 1.82) is 0 Å². The molecule has 1 aliphatic rings. The molecule has 2 aromatic heterocycles. The Morgan fingerprint density at radius 2 is 2.03 bits per heavy atom. The Hall–Kier alpha value is -2.51. The summed E-state index contributed by atoms with van der Waals surface area (Å²) in [6.07, 6.45) is 3.00. The summed E-state index contributed by atoms with van der Waals surface area (Å²) in [5.74, 6) is 1.40. The van der Waals surface area contributed by atoms with Gasteiger partial charge in [-0.25, -0.2) is 9.98 Å². The zero-order valence-electron chi connectivity index (χ0n) is 17.1. The van der Waals surface area contributed by atoms with Crippen LogP contribution in [-0.2, 0) is 11.2 Å². The van der Waals surface area contributed by atoms with Crippen LogP contribution < -0.4 is 0 Å². The third-order valence-corrected chi connectivity index (χ3v) is 6.81. The highest BCUT2D eigenvalue weighted by Gasteiger charge is 2.25. The number of amidine groups is 1. The van der Waals surface area contributed by atoms with Crippen molar-refractivity contribution in [2.75, 3.05) is 12.3 Å². The van der Waals surface area contributed by atoms with Crippen LogP contribution in [-0.4, -0.2) is 38.2 Å². The molecule has 1 aromatic carbocycles. The van der Waals surface area contributed by atoms with Gasteiger partial charge in [-0.1, -0.05) is 49.9 Å². The molecule has 0 bridgehead atoms. The summed E-state index contributed by atoms with van der Waals surface area (Å²) in [5.41, 5.74) is 3.76. The minimum atomic E-state index is 0.0425. The second-order valence-electron chi connectivity index (χ2n) is 7.39. The molecule has 154 valence electrons. The van der Waals surface area contributed by atoms with Gasteiger partial charge >= 0.3 is 0 Å². The second-order valence-corrected chi connectivity index (χ2v) is 9.31. The summed E-state index contributed by atoms with van der Waals surface area (Å²) in [7, 11) is 0. The summed E-state index contributed by atoms with van der Waals surface area (Å²) in [6, 6.07) is 13.9. The molecule has 0 unspecified atom stereocenters. The summed E-state index contributed by atoms with van der Waals surface area (Å²) in [4.78, 5) is 28.8. The molecule has 0 atom stereocenters. The molecule has 1 amide bonds. The highest BCUT2D eigenvalue weighted by atomic mass is 32.2. The molecule has 3 aromatic rings. The number of aromatic nitrogens is 2. The number of benzene rings is 1. The lowest BCUT2D eigenvalue weighted by atomic mass is 10.0. The normalized spacial score (nSPS) is 15.7. The molecule has 3 heterocycles. The maximum absolute atomic E-state index is 13.1. The molecule has 1 fully saturated rings. The predicted octanol–water partition coefficient (Wildman–Crippen LogP) is 5.52. The molecule has 0 radical (unpaired) electrons. The third kappa shape index (κ3) is 4.79. The second kappa shape index (κ2) is 9.53. The Kier molecular flexibility index (Phi) is 6.59. The number of carbonyl (C=O) groups excluding carboxylic acids is 1. The number of thiazole rings is 1. The number of para-hydroxylation sites is 1. The zero-order valence-corrected chi connectivity index (χ0v) is 18.7. The summed E-state index contributed by atoms with van der Waals surface area (Å²) in [6.45, 7) is 5.03. The average molecular weight is 437 g/mol. The summed E-state index contributed by atoms with van der Waals surface area (Å²) < 4.78 is 0. The van der Waals surface area contributed by atoms with Crippen molar-refractivity contribution in [3.63, 3.8) is 0 Å². The molecule has 5 nitrogen and oxygen atoms in total. The maximum atomic E-state index is 13.1. The van der Waals surface area contributed by atoms with E-state index in [0.29, 0.717) is 12.5 Å². The maximum Gasteiger partial charge on any atom is 0.234 e. The van der Waals surface area contributed by atoms with E-state index < -0.39 is 0 Å². The third-order valence-electron chi connectivity index (χ3n) is 4.83.